The van der Waals surface area contributed by atoms with E-state index in [2.05, 4.69) is 0 Å². The van der Waals surface area contributed by atoms with Crippen molar-refractivity contribution in [3.05, 3.63) is 34.9 Å². The number of aliphatic hydroxyl groups excluding tert-OH is 1. The van der Waals surface area contributed by atoms with E-state index in [9.17, 15) is 9.90 Å². The van der Waals surface area contributed by atoms with E-state index in [1.807, 2.05) is 24.3 Å². The third-order valence-corrected chi connectivity index (χ3v) is 4.26. The molecule has 0 radical (unpaired) electrons. The molecule has 4 heteroatoms. The van der Waals surface area contributed by atoms with E-state index in [0.717, 1.165) is 18.4 Å². The van der Waals surface area contributed by atoms with Crippen LogP contribution in [-0.2, 0) is 10.2 Å². The van der Waals surface area contributed by atoms with Crippen LogP contribution in [0.3, 0.4) is 0 Å². The number of carbonyl (C=O) groups is 1. The Balaban J connectivity index is 1.82. The molecule has 0 spiro atoms. The second-order valence-electron chi connectivity index (χ2n) is 5.28. The normalized spacial score (nSPS) is 25.2. The minimum atomic E-state index is -0.352. The Kier molecular flexibility index (Phi) is 2.83. The van der Waals surface area contributed by atoms with Crippen molar-refractivity contribution < 1.29 is 9.90 Å². The zero-order valence-electron chi connectivity index (χ0n) is 10.1. The van der Waals surface area contributed by atoms with Gasteiger partial charge in [-0.1, -0.05) is 23.7 Å². The van der Waals surface area contributed by atoms with E-state index in [4.69, 9.17) is 11.6 Å². The molecule has 1 aromatic carbocycles. The zero-order valence-corrected chi connectivity index (χ0v) is 10.9. The predicted octanol–water partition coefficient (Wildman–Crippen LogP) is 1.96. The lowest BCUT2D eigenvalue weighted by atomic mass is 9.94. The molecule has 1 atom stereocenters. The molecule has 1 saturated carbocycles. The summed E-state index contributed by atoms with van der Waals surface area (Å²) in [5, 5.41) is 10.2. The van der Waals surface area contributed by atoms with E-state index in [1.165, 1.54) is 0 Å². The van der Waals surface area contributed by atoms with Crippen LogP contribution >= 0.6 is 11.6 Å². The van der Waals surface area contributed by atoms with Crippen LogP contribution < -0.4 is 0 Å². The summed E-state index contributed by atoms with van der Waals surface area (Å²) in [6.45, 7) is 1.16. The Morgan fingerprint density at radius 1 is 1.33 bits per heavy atom. The number of likely N-dealkylation sites (tertiary alicyclic amines) is 1. The van der Waals surface area contributed by atoms with Crippen molar-refractivity contribution in [1.82, 2.24) is 4.90 Å². The lowest BCUT2D eigenvalue weighted by molar-refractivity contribution is -0.133. The van der Waals surface area contributed by atoms with Gasteiger partial charge in [0.05, 0.1) is 11.5 Å². The summed E-state index contributed by atoms with van der Waals surface area (Å²) in [4.78, 5) is 14.3. The van der Waals surface area contributed by atoms with Crippen LogP contribution in [0.2, 0.25) is 5.02 Å². The van der Waals surface area contributed by atoms with Crippen LogP contribution in [0.15, 0.2) is 24.3 Å². The molecular formula is C14H16ClNO2. The second kappa shape index (κ2) is 4.25. The van der Waals surface area contributed by atoms with Gasteiger partial charge in [-0.05, 0) is 37.0 Å². The van der Waals surface area contributed by atoms with Gasteiger partial charge in [0.25, 0.3) is 0 Å². The first-order valence-electron chi connectivity index (χ1n) is 6.35. The third-order valence-electron chi connectivity index (χ3n) is 4.01. The van der Waals surface area contributed by atoms with Crippen molar-refractivity contribution in [1.29, 1.82) is 0 Å². The molecule has 0 aromatic heterocycles. The van der Waals surface area contributed by atoms with Crippen molar-refractivity contribution in [2.45, 2.75) is 30.8 Å². The zero-order chi connectivity index (χ0) is 12.8. The first-order valence-corrected chi connectivity index (χ1v) is 6.73. The predicted molar refractivity (Wildman–Crippen MR) is 69.6 cm³/mol. The van der Waals surface area contributed by atoms with Crippen LogP contribution in [0.5, 0.6) is 0 Å². The van der Waals surface area contributed by atoms with Crippen LogP contribution in [0, 0.1) is 0 Å². The monoisotopic (exact) mass is 265 g/mol. The van der Waals surface area contributed by atoms with Crippen LogP contribution in [0.1, 0.15) is 24.8 Å². The minimum Gasteiger partial charge on any atom is -0.391 e. The molecule has 1 saturated heterocycles. The summed E-state index contributed by atoms with van der Waals surface area (Å²) in [6.07, 6.45) is 2.15. The van der Waals surface area contributed by atoms with Gasteiger partial charge < -0.3 is 10.0 Å². The van der Waals surface area contributed by atoms with Crippen molar-refractivity contribution in [3.63, 3.8) is 0 Å². The van der Waals surface area contributed by atoms with Gasteiger partial charge in [0, 0.05) is 18.1 Å². The highest BCUT2D eigenvalue weighted by Crippen LogP contribution is 2.50. The van der Waals surface area contributed by atoms with Gasteiger partial charge in [-0.25, -0.2) is 0 Å². The molecule has 1 N–H and O–H groups in total. The van der Waals surface area contributed by atoms with Gasteiger partial charge in [0.15, 0.2) is 0 Å². The molecule has 0 unspecified atom stereocenters. The fourth-order valence-electron chi connectivity index (χ4n) is 2.75. The highest BCUT2D eigenvalue weighted by atomic mass is 35.5. The van der Waals surface area contributed by atoms with Gasteiger partial charge in [-0.15, -0.1) is 0 Å². The van der Waals surface area contributed by atoms with E-state index < -0.39 is 0 Å². The largest absolute Gasteiger partial charge is 0.391 e. The number of nitrogens with zero attached hydrogens (tertiary/aromatic N) is 1. The van der Waals surface area contributed by atoms with E-state index >= 15 is 0 Å². The van der Waals surface area contributed by atoms with Gasteiger partial charge in [-0.2, -0.15) is 0 Å². The maximum atomic E-state index is 12.5. The van der Waals surface area contributed by atoms with Crippen molar-refractivity contribution >= 4 is 17.5 Å². The van der Waals surface area contributed by atoms with E-state index in [0.29, 0.717) is 24.5 Å². The molecule has 1 aliphatic carbocycles. The Morgan fingerprint density at radius 2 is 2.00 bits per heavy atom. The fraction of sp³-hybridized carbons (Fsp3) is 0.500. The molecule has 1 amide bonds. The molecule has 1 heterocycles. The number of rotatable bonds is 2. The van der Waals surface area contributed by atoms with Crippen LogP contribution in [0.25, 0.3) is 0 Å². The van der Waals surface area contributed by atoms with Gasteiger partial charge in [-0.3, -0.25) is 4.79 Å². The Labute approximate surface area is 111 Å². The van der Waals surface area contributed by atoms with E-state index in [1.54, 1.807) is 4.90 Å². The quantitative estimate of drug-likeness (QED) is 0.888. The Morgan fingerprint density at radius 3 is 2.50 bits per heavy atom. The first-order chi connectivity index (χ1) is 8.62. The van der Waals surface area contributed by atoms with E-state index in [-0.39, 0.29) is 17.4 Å². The number of β-amino-alcohol motifs (C(OH)–C–C–N with tert-alkyl or cyclic N) is 1. The standard InChI is InChI=1S/C14H16ClNO2/c15-11-3-1-10(2-4-11)14(6-7-14)13(18)16-8-5-12(17)9-16/h1-4,12,17H,5-9H2/t12-/m0/s1. The molecule has 18 heavy (non-hydrogen) atoms. The molecule has 0 bridgehead atoms. The Hall–Kier alpha value is -1.06. The third kappa shape index (κ3) is 1.91. The second-order valence-corrected chi connectivity index (χ2v) is 5.72. The molecule has 1 aliphatic heterocycles. The molecular weight excluding hydrogens is 250 g/mol. The number of aliphatic hydroxyl groups is 1. The summed E-state index contributed by atoms with van der Waals surface area (Å²) < 4.78 is 0. The smallest absolute Gasteiger partial charge is 0.233 e. The molecule has 3 rings (SSSR count). The fourth-order valence-corrected chi connectivity index (χ4v) is 2.87. The molecule has 96 valence electrons. The van der Waals surface area contributed by atoms with Gasteiger partial charge in [0.1, 0.15) is 0 Å². The lowest BCUT2D eigenvalue weighted by Crippen LogP contribution is -2.38. The number of carbonyl (C=O) groups excluding carboxylic acids is 1. The average Bonchev–Trinajstić information content (AvgIpc) is 3.06. The maximum absolute atomic E-state index is 12.5. The minimum absolute atomic E-state index is 0.168. The van der Waals surface area contributed by atoms with Gasteiger partial charge in [0.2, 0.25) is 5.91 Å². The number of hydrogen-bond acceptors (Lipinski definition) is 2. The first kappa shape index (κ1) is 12.0. The topological polar surface area (TPSA) is 40.5 Å². The maximum Gasteiger partial charge on any atom is 0.233 e. The molecule has 2 aliphatic rings. The summed E-state index contributed by atoms with van der Waals surface area (Å²) in [7, 11) is 0. The van der Waals surface area contributed by atoms with Gasteiger partial charge >= 0.3 is 0 Å². The molecule has 1 aromatic rings. The van der Waals surface area contributed by atoms with Crippen LogP contribution in [-0.4, -0.2) is 35.1 Å². The summed E-state index contributed by atoms with van der Waals surface area (Å²) in [5.74, 6) is 0.168. The summed E-state index contributed by atoms with van der Waals surface area (Å²) in [6, 6.07) is 7.56. The van der Waals surface area contributed by atoms with Crippen LogP contribution in [0.4, 0.5) is 0 Å². The average molecular weight is 266 g/mol. The number of benzene rings is 1. The SMILES string of the molecule is O=C(N1CC[C@H](O)C1)C1(c2ccc(Cl)cc2)CC1. The number of hydrogen-bond donors (Lipinski definition) is 1. The van der Waals surface area contributed by atoms with Crippen molar-refractivity contribution in [2.24, 2.45) is 0 Å². The number of amides is 1. The number of halogens is 1. The molecule has 2 fully saturated rings. The lowest BCUT2D eigenvalue weighted by Gasteiger charge is -2.23. The van der Waals surface area contributed by atoms with Crippen molar-refractivity contribution in [2.75, 3.05) is 13.1 Å². The van der Waals surface area contributed by atoms with Crippen molar-refractivity contribution in [3.8, 4) is 0 Å². The highest BCUT2D eigenvalue weighted by Gasteiger charge is 2.53. The highest BCUT2D eigenvalue weighted by molar-refractivity contribution is 6.30. The summed E-state index contributed by atoms with van der Waals surface area (Å²) in [5.41, 5.74) is 0.715. The Bertz CT molecular complexity index is 467. The molecule has 3 nitrogen and oxygen atoms in total. The summed E-state index contributed by atoms with van der Waals surface area (Å²) >= 11 is 5.88.